The van der Waals surface area contributed by atoms with Gasteiger partial charge >= 0.3 is 11.8 Å². The normalized spacial score (nSPS) is 17.1. The number of amides is 2. The molecule has 2 rings (SSSR count). The first kappa shape index (κ1) is 14.0. The van der Waals surface area contributed by atoms with Crippen LogP contribution in [0.25, 0.3) is 0 Å². The van der Waals surface area contributed by atoms with Gasteiger partial charge in [-0.05, 0) is 24.3 Å². The molecule has 0 atom stereocenters. The molecule has 1 saturated carbocycles. The number of aliphatic hydroxyl groups is 1. The van der Waals surface area contributed by atoms with Crippen molar-refractivity contribution in [1.29, 1.82) is 0 Å². The summed E-state index contributed by atoms with van der Waals surface area (Å²) < 4.78 is 0. The average molecular weight is 282 g/mol. The lowest BCUT2D eigenvalue weighted by atomic mass is 10.0. The van der Waals surface area contributed by atoms with Crippen LogP contribution in [0.5, 0.6) is 0 Å². The highest BCUT2D eigenvalue weighted by Gasteiger charge is 2.31. The molecule has 0 aliphatic heterocycles. The van der Waals surface area contributed by atoms with Crippen molar-refractivity contribution in [3.63, 3.8) is 0 Å². The fourth-order valence-electron chi connectivity index (χ4n) is 2.20. The number of hydrogen-bond donors (Lipinski definition) is 3. The fourth-order valence-corrected chi connectivity index (χ4v) is 2.84. The second-order valence-corrected chi connectivity index (χ2v) is 5.91. The molecule has 1 aliphatic carbocycles. The summed E-state index contributed by atoms with van der Waals surface area (Å²) in [6.45, 7) is 0.506. The summed E-state index contributed by atoms with van der Waals surface area (Å²) in [6, 6.07) is 3.78. The summed E-state index contributed by atoms with van der Waals surface area (Å²) in [5.41, 5.74) is -0.830. The number of carbonyl (C=O) groups excluding carboxylic acids is 2. The van der Waals surface area contributed by atoms with Crippen LogP contribution in [0.2, 0.25) is 0 Å². The summed E-state index contributed by atoms with van der Waals surface area (Å²) in [5, 5.41) is 17.0. The van der Waals surface area contributed by atoms with Crippen LogP contribution in [0.1, 0.15) is 30.6 Å². The van der Waals surface area contributed by atoms with Gasteiger partial charge in [0.05, 0.1) is 12.1 Å². The van der Waals surface area contributed by atoms with Crippen LogP contribution in [0.15, 0.2) is 17.5 Å². The maximum Gasteiger partial charge on any atom is 0.309 e. The van der Waals surface area contributed by atoms with E-state index in [4.69, 9.17) is 0 Å². The fraction of sp³-hybridized carbons (Fsp3) is 0.538. The van der Waals surface area contributed by atoms with Gasteiger partial charge in [-0.1, -0.05) is 18.9 Å². The van der Waals surface area contributed by atoms with Gasteiger partial charge in [-0.15, -0.1) is 11.3 Å². The van der Waals surface area contributed by atoms with E-state index in [1.165, 1.54) is 11.3 Å². The molecule has 6 heteroatoms. The van der Waals surface area contributed by atoms with Crippen molar-refractivity contribution in [3.05, 3.63) is 22.4 Å². The summed E-state index contributed by atoms with van der Waals surface area (Å²) in [6.07, 6.45) is 3.31. The van der Waals surface area contributed by atoms with Crippen molar-refractivity contribution in [2.24, 2.45) is 0 Å². The number of rotatable bonds is 4. The summed E-state index contributed by atoms with van der Waals surface area (Å²) in [7, 11) is 0. The molecule has 1 aromatic rings. The predicted octanol–water partition coefficient (Wildman–Crippen LogP) is 0.786. The van der Waals surface area contributed by atoms with Crippen LogP contribution in [0.4, 0.5) is 0 Å². The Balaban J connectivity index is 1.71. The monoisotopic (exact) mass is 282 g/mol. The first-order chi connectivity index (χ1) is 9.09. The van der Waals surface area contributed by atoms with Crippen LogP contribution < -0.4 is 10.6 Å². The van der Waals surface area contributed by atoms with E-state index >= 15 is 0 Å². The first-order valence-electron chi connectivity index (χ1n) is 6.40. The van der Waals surface area contributed by atoms with E-state index in [2.05, 4.69) is 10.6 Å². The summed E-state index contributed by atoms with van der Waals surface area (Å²) in [5.74, 6) is -1.34. The second kappa shape index (κ2) is 6.16. The summed E-state index contributed by atoms with van der Waals surface area (Å²) in [4.78, 5) is 24.1. The lowest BCUT2D eigenvalue weighted by Crippen LogP contribution is -2.46. The summed E-state index contributed by atoms with van der Waals surface area (Å²) >= 11 is 1.52. The molecule has 2 amide bonds. The van der Waals surface area contributed by atoms with Crippen LogP contribution in [-0.4, -0.2) is 29.1 Å². The minimum Gasteiger partial charge on any atom is -0.388 e. The van der Waals surface area contributed by atoms with E-state index < -0.39 is 17.4 Å². The number of thiophene rings is 1. The van der Waals surface area contributed by atoms with Crippen molar-refractivity contribution < 1.29 is 14.7 Å². The Morgan fingerprint density at radius 1 is 1.26 bits per heavy atom. The van der Waals surface area contributed by atoms with Gasteiger partial charge in [-0.25, -0.2) is 0 Å². The molecule has 0 bridgehead atoms. The van der Waals surface area contributed by atoms with Gasteiger partial charge < -0.3 is 15.7 Å². The molecule has 1 fully saturated rings. The van der Waals surface area contributed by atoms with E-state index in [1.807, 2.05) is 17.5 Å². The van der Waals surface area contributed by atoms with Crippen LogP contribution in [0.3, 0.4) is 0 Å². The molecule has 0 spiro atoms. The predicted molar refractivity (Wildman–Crippen MR) is 72.6 cm³/mol. The molecule has 0 aromatic carbocycles. The maximum atomic E-state index is 11.6. The molecular weight excluding hydrogens is 264 g/mol. The standard InChI is InChI=1S/C13H18N2O3S/c16-11(14-8-10-4-3-7-19-10)12(17)15-9-13(18)5-1-2-6-13/h3-4,7,18H,1-2,5-6,8-9H2,(H,14,16)(H,15,17). The second-order valence-electron chi connectivity index (χ2n) is 4.88. The zero-order valence-electron chi connectivity index (χ0n) is 10.6. The molecular formula is C13H18N2O3S. The zero-order chi connectivity index (χ0) is 13.7. The Kier molecular flexibility index (Phi) is 4.55. The van der Waals surface area contributed by atoms with E-state index in [9.17, 15) is 14.7 Å². The van der Waals surface area contributed by atoms with Gasteiger partial charge in [-0.2, -0.15) is 0 Å². The average Bonchev–Trinajstić information content (AvgIpc) is 3.05. The molecule has 1 aliphatic rings. The highest BCUT2D eigenvalue weighted by Crippen LogP contribution is 2.28. The highest BCUT2D eigenvalue weighted by molar-refractivity contribution is 7.09. The minimum absolute atomic E-state index is 0.151. The molecule has 0 radical (unpaired) electrons. The molecule has 5 nitrogen and oxygen atoms in total. The van der Waals surface area contributed by atoms with Crippen LogP contribution in [-0.2, 0) is 16.1 Å². The van der Waals surface area contributed by atoms with Gasteiger partial charge in [0.1, 0.15) is 0 Å². The molecule has 19 heavy (non-hydrogen) atoms. The highest BCUT2D eigenvalue weighted by atomic mass is 32.1. The molecule has 1 aromatic heterocycles. The molecule has 104 valence electrons. The van der Waals surface area contributed by atoms with Crippen molar-refractivity contribution in [3.8, 4) is 0 Å². The Morgan fingerprint density at radius 3 is 2.58 bits per heavy atom. The topological polar surface area (TPSA) is 78.4 Å². The van der Waals surface area contributed by atoms with Crippen molar-refractivity contribution in [1.82, 2.24) is 10.6 Å². The van der Waals surface area contributed by atoms with Gasteiger partial charge in [-0.3, -0.25) is 9.59 Å². The van der Waals surface area contributed by atoms with Crippen molar-refractivity contribution in [2.75, 3.05) is 6.54 Å². The SMILES string of the molecule is O=C(NCc1cccs1)C(=O)NCC1(O)CCCC1. The van der Waals surface area contributed by atoms with Crippen LogP contribution in [0, 0.1) is 0 Å². The lowest BCUT2D eigenvalue weighted by molar-refractivity contribution is -0.139. The van der Waals surface area contributed by atoms with E-state index in [0.717, 1.165) is 17.7 Å². The van der Waals surface area contributed by atoms with E-state index in [1.54, 1.807) is 0 Å². The molecule has 3 N–H and O–H groups in total. The van der Waals surface area contributed by atoms with Gasteiger partial charge in [0.25, 0.3) is 0 Å². The van der Waals surface area contributed by atoms with Crippen molar-refractivity contribution in [2.45, 2.75) is 37.8 Å². The number of nitrogens with one attached hydrogen (secondary N) is 2. The first-order valence-corrected chi connectivity index (χ1v) is 7.28. The maximum absolute atomic E-state index is 11.6. The molecule has 0 saturated heterocycles. The quantitative estimate of drug-likeness (QED) is 0.714. The minimum atomic E-state index is -0.830. The Bertz CT molecular complexity index is 439. The van der Waals surface area contributed by atoms with Gasteiger partial charge in [0.2, 0.25) is 0 Å². The number of carbonyl (C=O) groups is 2. The van der Waals surface area contributed by atoms with Crippen molar-refractivity contribution >= 4 is 23.2 Å². The Labute approximate surface area is 116 Å². The number of hydrogen-bond acceptors (Lipinski definition) is 4. The van der Waals surface area contributed by atoms with Crippen LogP contribution >= 0.6 is 11.3 Å². The van der Waals surface area contributed by atoms with E-state index in [-0.39, 0.29) is 6.54 Å². The molecule has 0 unspecified atom stereocenters. The molecule has 1 heterocycles. The van der Waals surface area contributed by atoms with Gasteiger partial charge in [0, 0.05) is 11.4 Å². The third-order valence-electron chi connectivity index (χ3n) is 3.32. The largest absolute Gasteiger partial charge is 0.388 e. The smallest absolute Gasteiger partial charge is 0.309 e. The Hall–Kier alpha value is -1.40. The zero-order valence-corrected chi connectivity index (χ0v) is 11.5. The van der Waals surface area contributed by atoms with Gasteiger partial charge in [0.15, 0.2) is 0 Å². The lowest BCUT2D eigenvalue weighted by Gasteiger charge is -2.21. The third-order valence-corrected chi connectivity index (χ3v) is 4.20. The van der Waals surface area contributed by atoms with E-state index in [0.29, 0.717) is 19.4 Å². The Morgan fingerprint density at radius 2 is 1.95 bits per heavy atom. The third kappa shape index (κ3) is 4.04.